The van der Waals surface area contributed by atoms with Gasteiger partial charge in [0, 0.05) is 9.50 Å². The number of ether oxygens (including phenoxy) is 1. The van der Waals surface area contributed by atoms with Crippen molar-refractivity contribution in [2.75, 3.05) is 0 Å². The molecule has 0 bridgehead atoms. The molecule has 3 aromatic rings. The van der Waals surface area contributed by atoms with Crippen LogP contribution in [0.25, 0.3) is 0 Å². The van der Waals surface area contributed by atoms with Crippen LogP contribution in [0.1, 0.15) is 15.9 Å². The standard InChI is InChI=1S/C20H15BrClNO4S/c21-15-8-10-17(11-9-15)28(25,26)23-20(24)18-6-1-2-7-19(18)27-13-14-4-3-5-16(22)12-14/h1-12H,13H2,(H,23,24). The first-order valence-electron chi connectivity index (χ1n) is 8.14. The van der Waals surface area contributed by atoms with Crippen LogP contribution in [0, 0.1) is 0 Å². The summed E-state index contributed by atoms with van der Waals surface area (Å²) in [6.45, 7) is 0.185. The zero-order valence-electron chi connectivity index (χ0n) is 14.4. The van der Waals surface area contributed by atoms with Gasteiger partial charge in [-0.3, -0.25) is 4.79 Å². The minimum Gasteiger partial charge on any atom is -0.488 e. The van der Waals surface area contributed by atoms with E-state index in [0.29, 0.717) is 5.02 Å². The van der Waals surface area contributed by atoms with E-state index in [2.05, 4.69) is 20.7 Å². The number of benzene rings is 3. The van der Waals surface area contributed by atoms with Gasteiger partial charge in [0.1, 0.15) is 12.4 Å². The highest BCUT2D eigenvalue weighted by Gasteiger charge is 2.21. The molecule has 0 saturated carbocycles. The number of nitrogens with one attached hydrogen (secondary N) is 1. The smallest absolute Gasteiger partial charge is 0.268 e. The van der Waals surface area contributed by atoms with Crippen molar-refractivity contribution in [3.63, 3.8) is 0 Å². The molecule has 1 N–H and O–H groups in total. The van der Waals surface area contributed by atoms with Crippen LogP contribution in [-0.2, 0) is 16.6 Å². The summed E-state index contributed by atoms with van der Waals surface area (Å²) < 4.78 is 33.4. The van der Waals surface area contributed by atoms with Crippen LogP contribution in [-0.4, -0.2) is 14.3 Å². The third-order valence-electron chi connectivity index (χ3n) is 3.77. The molecule has 0 aliphatic rings. The second-order valence-corrected chi connectivity index (χ2v) is 8.84. The van der Waals surface area contributed by atoms with E-state index in [1.807, 2.05) is 6.07 Å². The molecule has 1 amide bonds. The van der Waals surface area contributed by atoms with Gasteiger partial charge in [-0.1, -0.05) is 51.8 Å². The maximum absolute atomic E-state index is 12.6. The van der Waals surface area contributed by atoms with Gasteiger partial charge in [0.2, 0.25) is 0 Å². The molecule has 0 saturated heterocycles. The molecule has 0 fully saturated rings. The van der Waals surface area contributed by atoms with Crippen LogP contribution in [0.3, 0.4) is 0 Å². The molecule has 0 atom stereocenters. The van der Waals surface area contributed by atoms with Gasteiger partial charge >= 0.3 is 0 Å². The number of amides is 1. The van der Waals surface area contributed by atoms with Crippen molar-refractivity contribution in [1.29, 1.82) is 0 Å². The Bertz CT molecular complexity index is 1100. The fraction of sp³-hybridized carbons (Fsp3) is 0.0500. The number of rotatable bonds is 6. The van der Waals surface area contributed by atoms with E-state index < -0.39 is 15.9 Å². The van der Waals surface area contributed by atoms with Gasteiger partial charge < -0.3 is 4.74 Å². The lowest BCUT2D eigenvalue weighted by Crippen LogP contribution is -2.30. The van der Waals surface area contributed by atoms with Crippen LogP contribution in [0.2, 0.25) is 5.02 Å². The lowest BCUT2D eigenvalue weighted by molar-refractivity contribution is 0.0977. The summed E-state index contributed by atoms with van der Waals surface area (Å²) in [7, 11) is -4.01. The topological polar surface area (TPSA) is 72.5 Å². The first-order chi connectivity index (χ1) is 13.3. The maximum atomic E-state index is 12.6. The minimum atomic E-state index is -4.01. The van der Waals surface area contributed by atoms with Gasteiger partial charge in [-0.25, -0.2) is 13.1 Å². The van der Waals surface area contributed by atoms with Crippen molar-refractivity contribution in [2.45, 2.75) is 11.5 Å². The molecule has 3 rings (SSSR count). The molecular weight excluding hydrogens is 466 g/mol. The van der Waals surface area contributed by atoms with Crippen molar-refractivity contribution in [3.05, 3.63) is 93.4 Å². The molecule has 0 aliphatic carbocycles. The summed E-state index contributed by atoms with van der Waals surface area (Å²) >= 11 is 9.20. The van der Waals surface area contributed by atoms with Gasteiger partial charge in [-0.2, -0.15) is 0 Å². The van der Waals surface area contributed by atoms with Crippen LogP contribution in [0.5, 0.6) is 5.75 Å². The van der Waals surface area contributed by atoms with Crippen LogP contribution in [0.15, 0.2) is 82.2 Å². The second kappa shape index (κ2) is 8.77. The molecule has 0 aromatic heterocycles. The largest absolute Gasteiger partial charge is 0.488 e. The average Bonchev–Trinajstić information content (AvgIpc) is 2.66. The van der Waals surface area contributed by atoms with Gasteiger partial charge in [0.25, 0.3) is 15.9 Å². The molecule has 8 heteroatoms. The zero-order valence-corrected chi connectivity index (χ0v) is 17.6. The Morgan fingerprint density at radius 1 is 1.00 bits per heavy atom. The minimum absolute atomic E-state index is 0.0126. The Balaban J connectivity index is 1.77. The normalized spacial score (nSPS) is 11.1. The highest BCUT2D eigenvalue weighted by molar-refractivity contribution is 9.10. The SMILES string of the molecule is O=C(NS(=O)(=O)c1ccc(Br)cc1)c1ccccc1OCc1cccc(Cl)c1. The quantitative estimate of drug-likeness (QED) is 0.550. The van der Waals surface area contributed by atoms with Gasteiger partial charge in [-0.15, -0.1) is 0 Å². The van der Waals surface area contributed by atoms with Crippen molar-refractivity contribution in [2.24, 2.45) is 0 Å². The fourth-order valence-electron chi connectivity index (χ4n) is 2.42. The van der Waals surface area contributed by atoms with Crippen molar-refractivity contribution in [3.8, 4) is 5.75 Å². The Hall–Kier alpha value is -2.35. The van der Waals surface area contributed by atoms with Gasteiger partial charge in [0.15, 0.2) is 0 Å². The summed E-state index contributed by atoms with van der Waals surface area (Å²) in [5.41, 5.74) is 0.940. The predicted octanol–water partition coefficient (Wildman–Crippen LogP) is 4.80. The summed E-state index contributed by atoms with van der Waals surface area (Å²) in [4.78, 5) is 12.6. The first-order valence-corrected chi connectivity index (χ1v) is 10.8. The number of hydrogen-bond donors (Lipinski definition) is 1. The fourth-order valence-corrected chi connectivity index (χ4v) is 3.86. The molecule has 144 valence electrons. The Kier molecular flexibility index (Phi) is 6.39. The van der Waals surface area contributed by atoms with E-state index in [4.69, 9.17) is 16.3 Å². The first kappa shape index (κ1) is 20.4. The lowest BCUT2D eigenvalue weighted by Gasteiger charge is -2.12. The van der Waals surface area contributed by atoms with Crippen LogP contribution >= 0.6 is 27.5 Å². The van der Waals surface area contributed by atoms with E-state index in [1.165, 1.54) is 18.2 Å². The molecule has 3 aromatic carbocycles. The molecular formula is C20H15BrClNO4S. The molecule has 0 aliphatic heterocycles. The molecule has 0 heterocycles. The molecule has 0 unspecified atom stereocenters. The number of carbonyl (C=O) groups is 1. The number of hydrogen-bond acceptors (Lipinski definition) is 4. The molecule has 0 radical (unpaired) electrons. The Morgan fingerprint density at radius 3 is 2.43 bits per heavy atom. The summed E-state index contributed by atoms with van der Waals surface area (Å²) in [5, 5.41) is 0.577. The second-order valence-electron chi connectivity index (χ2n) is 5.80. The maximum Gasteiger partial charge on any atom is 0.268 e. The van der Waals surface area contributed by atoms with E-state index in [-0.39, 0.29) is 22.8 Å². The number of carbonyl (C=O) groups excluding carboxylic acids is 1. The number of sulfonamides is 1. The van der Waals surface area contributed by atoms with Gasteiger partial charge in [0.05, 0.1) is 10.5 Å². The third-order valence-corrected chi connectivity index (χ3v) is 5.88. The van der Waals surface area contributed by atoms with Gasteiger partial charge in [-0.05, 0) is 54.1 Å². The van der Waals surface area contributed by atoms with Crippen LogP contribution in [0.4, 0.5) is 0 Å². The van der Waals surface area contributed by atoms with E-state index in [0.717, 1.165) is 10.0 Å². The third kappa shape index (κ3) is 5.13. The predicted molar refractivity (Wildman–Crippen MR) is 111 cm³/mol. The van der Waals surface area contributed by atoms with E-state index >= 15 is 0 Å². The molecule has 0 spiro atoms. The van der Waals surface area contributed by atoms with Crippen molar-refractivity contribution >= 4 is 43.5 Å². The summed E-state index contributed by atoms with van der Waals surface area (Å²) in [6.07, 6.45) is 0. The highest BCUT2D eigenvalue weighted by Crippen LogP contribution is 2.21. The lowest BCUT2D eigenvalue weighted by atomic mass is 10.2. The number of para-hydroxylation sites is 1. The Morgan fingerprint density at radius 2 is 1.71 bits per heavy atom. The summed E-state index contributed by atoms with van der Waals surface area (Å²) in [6, 6.07) is 19.6. The molecule has 28 heavy (non-hydrogen) atoms. The number of halogens is 2. The zero-order chi connectivity index (χ0) is 20.1. The van der Waals surface area contributed by atoms with Crippen molar-refractivity contribution < 1.29 is 17.9 Å². The van der Waals surface area contributed by atoms with E-state index in [9.17, 15) is 13.2 Å². The van der Waals surface area contributed by atoms with Crippen molar-refractivity contribution in [1.82, 2.24) is 4.72 Å². The van der Waals surface area contributed by atoms with E-state index in [1.54, 1.807) is 48.5 Å². The average molecular weight is 481 g/mol. The van der Waals surface area contributed by atoms with Crippen LogP contribution < -0.4 is 9.46 Å². The highest BCUT2D eigenvalue weighted by atomic mass is 79.9. The Labute approximate surface area is 176 Å². The molecule has 5 nitrogen and oxygen atoms in total. The monoisotopic (exact) mass is 479 g/mol. The summed E-state index contributed by atoms with van der Waals surface area (Å²) in [5.74, 6) is -0.504.